The number of hydrogen-bond donors (Lipinski definition) is 0. The molecule has 0 heterocycles. The van der Waals surface area contributed by atoms with Crippen LogP contribution in [-0.2, 0) is 59.8 Å². The Morgan fingerprint density at radius 1 is 1.25 bits per heavy atom. The zero-order chi connectivity index (χ0) is 0. The van der Waals surface area contributed by atoms with E-state index >= 15 is 0 Å². The monoisotopic (exact) mass is 212 g/mol. The Morgan fingerprint density at radius 2 is 1.25 bits per heavy atom. The molecule has 4 heteroatoms. The molecule has 0 aromatic rings. The maximum absolute atomic E-state index is 0. The molecule has 24 valence electrons. The van der Waals surface area contributed by atoms with E-state index in [1.54, 1.807) is 0 Å². The summed E-state index contributed by atoms with van der Waals surface area (Å²) in [7, 11) is 0. The second-order valence-electron chi connectivity index (χ2n) is 0. The molecule has 4 heavy (non-hydrogen) atoms. The Balaban J connectivity index is 0. The standard InChI is InChI=1S/Fe.Li.Ni.Zr.H/q;+1;;;-1. The minimum atomic E-state index is 0. The van der Waals surface area contributed by atoms with Crippen LogP contribution in [-0.4, -0.2) is 0 Å². The summed E-state index contributed by atoms with van der Waals surface area (Å²) >= 11 is 0. The summed E-state index contributed by atoms with van der Waals surface area (Å²) in [6.07, 6.45) is 0. The summed E-state index contributed by atoms with van der Waals surface area (Å²) in [5, 5.41) is 0. The van der Waals surface area contributed by atoms with Gasteiger partial charge in [-0.25, -0.2) is 0 Å². The van der Waals surface area contributed by atoms with Crippen molar-refractivity contribution in [3.05, 3.63) is 0 Å². The molecule has 0 rings (SSSR count). The molecule has 0 nitrogen and oxygen atoms in total. The van der Waals surface area contributed by atoms with Crippen molar-refractivity contribution in [2.24, 2.45) is 0 Å². The largest absolute Gasteiger partial charge is 1.00 e. The summed E-state index contributed by atoms with van der Waals surface area (Å²) in [6, 6.07) is 0. The molecule has 0 amide bonds. The fourth-order valence-electron chi connectivity index (χ4n) is 0. The van der Waals surface area contributed by atoms with Crippen molar-refractivity contribution in [1.82, 2.24) is 0 Å². The second-order valence-corrected chi connectivity index (χ2v) is 0. The molecule has 0 N–H and O–H groups in total. The van der Waals surface area contributed by atoms with Crippen LogP contribution in [0.25, 0.3) is 0 Å². The zero-order valence-corrected chi connectivity index (χ0v) is 6.72. The van der Waals surface area contributed by atoms with Gasteiger partial charge in [-0.05, 0) is 0 Å². The van der Waals surface area contributed by atoms with Crippen LogP contribution in [0.2, 0.25) is 0 Å². The van der Waals surface area contributed by atoms with E-state index in [2.05, 4.69) is 0 Å². The Morgan fingerprint density at radius 3 is 1.25 bits per heavy atom. The molecule has 0 unspecified atom stereocenters. The molecule has 0 aromatic heterocycles. The van der Waals surface area contributed by atoms with E-state index in [1.165, 1.54) is 0 Å². The van der Waals surface area contributed by atoms with Crippen molar-refractivity contribution in [1.29, 1.82) is 0 Å². The van der Waals surface area contributed by atoms with Crippen LogP contribution in [0.15, 0.2) is 0 Å². The minimum absolute atomic E-state index is 0. The van der Waals surface area contributed by atoms with E-state index in [0.717, 1.165) is 0 Å². The predicted octanol–water partition coefficient (Wildman–Crippen LogP) is -2.89. The van der Waals surface area contributed by atoms with Crippen molar-refractivity contribution in [2.75, 3.05) is 0 Å². The summed E-state index contributed by atoms with van der Waals surface area (Å²) in [5.41, 5.74) is 0. The summed E-state index contributed by atoms with van der Waals surface area (Å²) in [4.78, 5) is 0. The summed E-state index contributed by atoms with van der Waals surface area (Å²) in [5.74, 6) is 0. The van der Waals surface area contributed by atoms with Gasteiger partial charge < -0.3 is 1.43 Å². The topological polar surface area (TPSA) is 0 Å². The van der Waals surface area contributed by atoms with E-state index in [9.17, 15) is 0 Å². The SMILES string of the molecule is [Fe].[H-].[Li+].[Ni].[Zr]. The fraction of sp³-hybridized carbons (Fsp3) is 0. The summed E-state index contributed by atoms with van der Waals surface area (Å²) in [6.45, 7) is 0. The zero-order valence-electron chi connectivity index (χ0n) is 3.17. The Hall–Kier alpha value is 2.49. The van der Waals surface area contributed by atoms with Crippen molar-refractivity contribution in [2.45, 2.75) is 0 Å². The van der Waals surface area contributed by atoms with Gasteiger partial charge in [0.1, 0.15) is 0 Å². The first-order chi connectivity index (χ1) is 0. The molecular weight excluding hydrogens is 213 g/mol. The predicted molar refractivity (Wildman–Crippen MR) is 1.11 cm³/mol. The average molecular weight is 214 g/mol. The van der Waals surface area contributed by atoms with Gasteiger partial charge in [-0.15, -0.1) is 0 Å². The first kappa shape index (κ1) is 31.5. The second kappa shape index (κ2) is 17.8. The van der Waals surface area contributed by atoms with Crippen molar-refractivity contribution in [3.63, 3.8) is 0 Å². The van der Waals surface area contributed by atoms with Gasteiger partial charge in [0.25, 0.3) is 0 Å². The molecule has 0 atom stereocenters. The molecule has 0 aliphatic heterocycles. The smallest absolute Gasteiger partial charge is 1.00 e. The van der Waals surface area contributed by atoms with E-state index < -0.39 is 0 Å². The molecule has 0 fully saturated rings. The Kier molecular flexibility index (Phi) is 141. The normalized spacial score (nSPS) is 0. The third kappa shape index (κ3) is 8.82. The molecule has 0 aromatic carbocycles. The third-order valence-electron chi connectivity index (χ3n) is 0. The number of hydrogen-bond acceptors (Lipinski definition) is 0. The average Bonchev–Trinajstić information content (AvgIpc) is 0. The van der Waals surface area contributed by atoms with E-state index in [1.807, 2.05) is 0 Å². The van der Waals surface area contributed by atoms with Gasteiger partial charge in [-0.3, -0.25) is 0 Å². The third-order valence-corrected chi connectivity index (χ3v) is 0. The van der Waals surface area contributed by atoms with Crippen LogP contribution in [0.1, 0.15) is 1.43 Å². The maximum atomic E-state index is 0. The molecule has 0 aliphatic rings. The molecule has 0 aliphatic carbocycles. The fourth-order valence-corrected chi connectivity index (χ4v) is 0. The van der Waals surface area contributed by atoms with Crippen LogP contribution in [0.5, 0.6) is 0 Å². The minimum Gasteiger partial charge on any atom is -1.00 e. The maximum Gasteiger partial charge on any atom is 1.00 e. The van der Waals surface area contributed by atoms with Crippen LogP contribution >= 0.6 is 0 Å². The molecule has 0 bridgehead atoms. The van der Waals surface area contributed by atoms with Gasteiger partial charge in [0, 0.05) is 59.8 Å². The van der Waals surface area contributed by atoms with Gasteiger partial charge in [0.15, 0.2) is 0 Å². The van der Waals surface area contributed by atoms with Crippen LogP contribution in [0, 0.1) is 0 Å². The van der Waals surface area contributed by atoms with Crippen molar-refractivity contribution >= 4 is 0 Å². The van der Waals surface area contributed by atoms with E-state index in [4.69, 9.17) is 0 Å². The van der Waals surface area contributed by atoms with Gasteiger partial charge in [-0.2, -0.15) is 0 Å². The van der Waals surface area contributed by atoms with Gasteiger partial charge >= 0.3 is 18.9 Å². The molecule has 0 saturated heterocycles. The van der Waals surface area contributed by atoms with Crippen LogP contribution in [0.4, 0.5) is 0 Å². The van der Waals surface area contributed by atoms with Gasteiger partial charge in [-0.1, -0.05) is 0 Å². The Labute approximate surface area is 79.0 Å². The van der Waals surface area contributed by atoms with Gasteiger partial charge in [0.05, 0.1) is 0 Å². The molecular formula is HFeLiNiZr. The molecule has 0 radical (unpaired) electrons. The first-order valence-electron chi connectivity index (χ1n) is 0. The summed E-state index contributed by atoms with van der Waals surface area (Å²) < 4.78 is 0. The van der Waals surface area contributed by atoms with Crippen molar-refractivity contribution < 1.29 is 80.1 Å². The van der Waals surface area contributed by atoms with Gasteiger partial charge in [0.2, 0.25) is 0 Å². The van der Waals surface area contributed by atoms with E-state index in [0.29, 0.717) is 0 Å². The molecule has 0 saturated carbocycles. The van der Waals surface area contributed by atoms with Crippen molar-refractivity contribution in [3.8, 4) is 0 Å². The first-order valence-corrected chi connectivity index (χ1v) is 0. The van der Waals surface area contributed by atoms with Crippen LogP contribution < -0.4 is 18.9 Å². The Bertz CT molecular complexity index is 11.6. The quantitative estimate of drug-likeness (QED) is 0.379. The molecule has 0 spiro atoms. The number of rotatable bonds is 0. The van der Waals surface area contributed by atoms with E-state index in [-0.39, 0.29) is 80.1 Å². The van der Waals surface area contributed by atoms with Crippen LogP contribution in [0.3, 0.4) is 0 Å².